The fourth-order valence-corrected chi connectivity index (χ4v) is 1.71. The van der Waals surface area contributed by atoms with Gasteiger partial charge in [-0.05, 0) is 24.6 Å². The highest BCUT2D eigenvalue weighted by atomic mass is 79.9. The molecule has 0 unspecified atom stereocenters. The minimum Gasteiger partial charge on any atom is -0.507 e. The number of amides is 1. The summed E-state index contributed by atoms with van der Waals surface area (Å²) in [6.45, 7) is 1.76. The third-order valence-electron chi connectivity index (χ3n) is 1.90. The number of phenolic OH excluding ortho intramolecular Hbond substituents is 1. The maximum atomic E-state index is 11.6. The van der Waals surface area contributed by atoms with Crippen LogP contribution in [0.4, 0.5) is 0 Å². The Morgan fingerprint density at radius 1 is 1.43 bits per heavy atom. The van der Waals surface area contributed by atoms with Crippen LogP contribution < -0.4 is 0 Å². The molecule has 1 amide bonds. The van der Waals surface area contributed by atoms with Crippen molar-refractivity contribution in [2.45, 2.75) is 6.92 Å². The SMILES string of the molecule is Cc1cc(Br)cc(C(=O)N(C)C)c1O. The minimum atomic E-state index is -0.202. The van der Waals surface area contributed by atoms with E-state index in [9.17, 15) is 9.90 Å². The number of carbonyl (C=O) groups excluding carboxylic acids is 1. The second kappa shape index (κ2) is 4.00. The Hall–Kier alpha value is -1.03. The van der Waals surface area contributed by atoms with Crippen LogP contribution >= 0.6 is 15.9 Å². The van der Waals surface area contributed by atoms with Crippen LogP contribution in [0.1, 0.15) is 15.9 Å². The summed E-state index contributed by atoms with van der Waals surface area (Å²) in [6, 6.07) is 3.38. The van der Waals surface area contributed by atoms with Gasteiger partial charge in [0.15, 0.2) is 0 Å². The van der Waals surface area contributed by atoms with E-state index in [0.717, 1.165) is 4.47 Å². The molecular weight excluding hydrogens is 246 g/mol. The molecule has 0 atom stereocenters. The molecule has 3 nitrogen and oxygen atoms in total. The maximum absolute atomic E-state index is 11.6. The van der Waals surface area contributed by atoms with Crippen LogP contribution in [-0.2, 0) is 0 Å². The first-order valence-electron chi connectivity index (χ1n) is 4.14. The summed E-state index contributed by atoms with van der Waals surface area (Å²) in [5, 5.41) is 9.67. The van der Waals surface area contributed by atoms with Gasteiger partial charge < -0.3 is 10.0 Å². The largest absolute Gasteiger partial charge is 0.507 e. The van der Waals surface area contributed by atoms with Gasteiger partial charge in [-0.2, -0.15) is 0 Å². The predicted octanol–water partition coefficient (Wildman–Crippen LogP) is 2.16. The summed E-state index contributed by atoms with van der Waals surface area (Å²) in [6.07, 6.45) is 0. The predicted molar refractivity (Wildman–Crippen MR) is 58.6 cm³/mol. The summed E-state index contributed by atoms with van der Waals surface area (Å²) in [5.41, 5.74) is 1.01. The van der Waals surface area contributed by atoms with Crippen molar-refractivity contribution in [2.24, 2.45) is 0 Å². The van der Waals surface area contributed by atoms with E-state index in [1.165, 1.54) is 4.90 Å². The number of phenols is 1. The van der Waals surface area contributed by atoms with Crippen LogP contribution in [0.5, 0.6) is 5.75 Å². The zero-order valence-electron chi connectivity index (χ0n) is 8.34. The Bertz CT molecular complexity index is 375. The van der Waals surface area contributed by atoms with Crippen molar-refractivity contribution < 1.29 is 9.90 Å². The van der Waals surface area contributed by atoms with Crippen LogP contribution in [0.2, 0.25) is 0 Å². The molecule has 1 aromatic carbocycles. The molecule has 4 heteroatoms. The highest BCUT2D eigenvalue weighted by Crippen LogP contribution is 2.27. The van der Waals surface area contributed by atoms with Crippen molar-refractivity contribution in [3.8, 4) is 5.75 Å². The van der Waals surface area contributed by atoms with E-state index in [0.29, 0.717) is 11.1 Å². The van der Waals surface area contributed by atoms with E-state index in [-0.39, 0.29) is 11.7 Å². The van der Waals surface area contributed by atoms with Crippen LogP contribution in [0.3, 0.4) is 0 Å². The Morgan fingerprint density at radius 3 is 2.50 bits per heavy atom. The number of carbonyl (C=O) groups is 1. The summed E-state index contributed by atoms with van der Waals surface area (Å²) in [5.74, 6) is -0.154. The van der Waals surface area contributed by atoms with Crippen LogP contribution in [-0.4, -0.2) is 30.0 Å². The van der Waals surface area contributed by atoms with Crippen molar-refractivity contribution in [2.75, 3.05) is 14.1 Å². The number of nitrogens with zero attached hydrogens (tertiary/aromatic N) is 1. The zero-order chi connectivity index (χ0) is 10.9. The normalized spacial score (nSPS) is 10.0. The smallest absolute Gasteiger partial charge is 0.257 e. The van der Waals surface area contributed by atoms with E-state index in [2.05, 4.69) is 15.9 Å². The van der Waals surface area contributed by atoms with Crippen LogP contribution in [0.15, 0.2) is 16.6 Å². The van der Waals surface area contributed by atoms with E-state index in [1.54, 1.807) is 33.2 Å². The summed E-state index contributed by atoms with van der Waals surface area (Å²) < 4.78 is 0.790. The molecule has 0 radical (unpaired) electrons. The molecule has 0 heterocycles. The number of aryl methyl sites for hydroxylation is 1. The lowest BCUT2D eigenvalue weighted by molar-refractivity contribution is 0.0824. The number of benzene rings is 1. The molecular formula is C10H12BrNO2. The molecule has 0 spiro atoms. The van der Waals surface area contributed by atoms with Crippen LogP contribution in [0, 0.1) is 6.92 Å². The summed E-state index contributed by atoms with van der Waals surface area (Å²) >= 11 is 3.28. The number of halogens is 1. The Labute approximate surface area is 91.5 Å². The standard InChI is InChI=1S/C10H12BrNO2/c1-6-4-7(11)5-8(9(6)13)10(14)12(2)3/h4-5,13H,1-3H3. The summed E-state index contributed by atoms with van der Waals surface area (Å²) in [7, 11) is 3.30. The fourth-order valence-electron chi connectivity index (χ4n) is 1.14. The minimum absolute atomic E-state index is 0.0481. The van der Waals surface area contributed by atoms with Gasteiger partial charge >= 0.3 is 0 Å². The lowest BCUT2D eigenvalue weighted by Gasteiger charge is -2.13. The highest BCUT2D eigenvalue weighted by molar-refractivity contribution is 9.10. The van der Waals surface area contributed by atoms with E-state index < -0.39 is 0 Å². The second-order valence-corrected chi connectivity index (χ2v) is 4.23. The van der Waals surface area contributed by atoms with Crippen molar-refractivity contribution >= 4 is 21.8 Å². The quantitative estimate of drug-likeness (QED) is 0.838. The van der Waals surface area contributed by atoms with Gasteiger partial charge in [-0.15, -0.1) is 0 Å². The van der Waals surface area contributed by atoms with Gasteiger partial charge in [0.25, 0.3) is 5.91 Å². The first kappa shape index (κ1) is 11.0. The number of aromatic hydroxyl groups is 1. The Morgan fingerprint density at radius 2 is 2.00 bits per heavy atom. The van der Waals surface area contributed by atoms with E-state index in [4.69, 9.17) is 0 Å². The fraction of sp³-hybridized carbons (Fsp3) is 0.300. The molecule has 0 aromatic heterocycles. The highest BCUT2D eigenvalue weighted by Gasteiger charge is 2.15. The van der Waals surface area contributed by atoms with Crippen molar-refractivity contribution in [3.63, 3.8) is 0 Å². The lowest BCUT2D eigenvalue weighted by Crippen LogP contribution is -2.21. The average Bonchev–Trinajstić information content (AvgIpc) is 2.09. The molecule has 0 aliphatic heterocycles. The van der Waals surface area contributed by atoms with Gasteiger partial charge in [0, 0.05) is 18.6 Å². The average molecular weight is 258 g/mol. The lowest BCUT2D eigenvalue weighted by atomic mass is 10.1. The first-order chi connectivity index (χ1) is 6.43. The Balaban J connectivity index is 3.27. The van der Waals surface area contributed by atoms with E-state index >= 15 is 0 Å². The van der Waals surface area contributed by atoms with Crippen LogP contribution in [0.25, 0.3) is 0 Å². The number of hydrogen-bond donors (Lipinski definition) is 1. The monoisotopic (exact) mass is 257 g/mol. The second-order valence-electron chi connectivity index (χ2n) is 3.32. The van der Waals surface area contributed by atoms with Crippen molar-refractivity contribution in [1.82, 2.24) is 4.90 Å². The summed E-state index contributed by atoms with van der Waals surface area (Å²) in [4.78, 5) is 13.0. The molecule has 0 saturated carbocycles. The molecule has 1 rings (SSSR count). The maximum Gasteiger partial charge on any atom is 0.257 e. The molecule has 1 aromatic rings. The number of rotatable bonds is 1. The molecule has 0 aliphatic carbocycles. The molecule has 0 saturated heterocycles. The van der Waals surface area contributed by atoms with Gasteiger partial charge in [-0.1, -0.05) is 15.9 Å². The van der Waals surface area contributed by atoms with Crippen molar-refractivity contribution in [1.29, 1.82) is 0 Å². The molecule has 0 aliphatic rings. The number of hydrogen-bond acceptors (Lipinski definition) is 2. The molecule has 0 fully saturated rings. The van der Waals surface area contributed by atoms with Crippen molar-refractivity contribution in [3.05, 3.63) is 27.7 Å². The molecule has 76 valence electrons. The van der Waals surface area contributed by atoms with Gasteiger partial charge in [0.1, 0.15) is 5.75 Å². The third-order valence-corrected chi connectivity index (χ3v) is 2.36. The van der Waals surface area contributed by atoms with Gasteiger partial charge in [-0.3, -0.25) is 4.79 Å². The van der Waals surface area contributed by atoms with Gasteiger partial charge in [0.05, 0.1) is 5.56 Å². The first-order valence-corrected chi connectivity index (χ1v) is 4.93. The topological polar surface area (TPSA) is 40.5 Å². The molecule has 14 heavy (non-hydrogen) atoms. The van der Waals surface area contributed by atoms with Gasteiger partial charge in [-0.25, -0.2) is 0 Å². The Kier molecular flexibility index (Phi) is 3.16. The van der Waals surface area contributed by atoms with E-state index in [1.807, 2.05) is 0 Å². The third kappa shape index (κ3) is 2.07. The van der Waals surface area contributed by atoms with Gasteiger partial charge in [0.2, 0.25) is 0 Å². The zero-order valence-corrected chi connectivity index (χ0v) is 9.92. The molecule has 1 N–H and O–H groups in total. The molecule has 0 bridgehead atoms.